The molecule has 92 valence electrons. The van der Waals surface area contributed by atoms with Crippen molar-refractivity contribution >= 4 is 22.6 Å². The minimum absolute atomic E-state index is 0.720. The number of imidazole rings is 1. The SMILES string of the molecule is CCOCCn1c(CC)nc2cc(Cl)ccc21. The summed E-state index contributed by atoms with van der Waals surface area (Å²) in [6, 6.07) is 5.84. The van der Waals surface area contributed by atoms with Crippen LogP contribution in [-0.4, -0.2) is 22.8 Å². The Morgan fingerprint density at radius 2 is 2.18 bits per heavy atom. The molecule has 0 amide bonds. The number of ether oxygens (including phenoxy) is 1. The molecule has 0 fully saturated rings. The Morgan fingerprint density at radius 3 is 2.88 bits per heavy atom. The Kier molecular flexibility index (Phi) is 4.02. The zero-order chi connectivity index (χ0) is 12.3. The van der Waals surface area contributed by atoms with Crippen LogP contribution >= 0.6 is 11.6 Å². The topological polar surface area (TPSA) is 27.1 Å². The number of hydrogen-bond donors (Lipinski definition) is 0. The molecule has 0 aliphatic heterocycles. The molecule has 0 spiro atoms. The van der Waals surface area contributed by atoms with Gasteiger partial charge in [0.05, 0.1) is 17.6 Å². The zero-order valence-corrected chi connectivity index (χ0v) is 11.0. The van der Waals surface area contributed by atoms with Crippen LogP contribution in [0.3, 0.4) is 0 Å². The van der Waals surface area contributed by atoms with Gasteiger partial charge < -0.3 is 9.30 Å². The highest BCUT2D eigenvalue weighted by atomic mass is 35.5. The smallest absolute Gasteiger partial charge is 0.109 e. The molecule has 0 N–H and O–H groups in total. The quantitative estimate of drug-likeness (QED) is 0.764. The molecule has 0 atom stereocenters. The molecule has 2 rings (SSSR count). The van der Waals surface area contributed by atoms with Crippen molar-refractivity contribution in [2.24, 2.45) is 0 Å². The van der Waals surface area contributed by atoms with Gasteiger partial charge in [-0.1, -0.05) is 18.5 Å². The van der Waals surface area contributed by atoms with Crippen molar-refractivity contribution < 1.29 is 4.74 Å². The number of hydrogen-bond acceptors (Lipinski definition) is 2. The molecule has 0 saturated heterocycles. The summed E-state index contributed by atoms with van der Waals surface area (Å²) in [5.74, 6) is 1.09. The summed E-state index contributed by atoms with van der Waals surface area (Å²) in [4.78, 5) is 4.59. The average Bonchev–Trinajstić information content (AvgIpc) is 2.67. The first-order valence-corrected chi connectivity index (χ1v) is 6.36. The Balaban J connectivity index is 2.36. The molecule has 2 aromatic rings. The van der Waals surface area contributed by atoms with E-state index < -0.39 is 0 Å². The Hall–Kier alpha value is -1.06. The number of aromatic nitrogens is 2. The van der Waals surface area contributed by atoms with Gasteiger partial charge >= 0.3 is 0 Å². The minimum Gasteiger partial charge on any atom is -0.380 e. The van der Waals surface area contributed by atoms with Crippen LogP contribution in [-0.2, 0) is 17.7 Å². The zero-order valence-electron chi connectivity index (χ0n) is 10.2. The molecule has 1 heterocycles. The number of fused-ring (bicyclic) bond motifs is 1. The lowest BCUT2D eigenvalue weighted by atomic mass is 10.3. The molecular weight excluding hydrogens is 236 g/mol. The van der Waals surface area contributed by atoms with Crippen molar-refractivity contribution in [2.45, 2.75) is 26.8 Å². The van der Waals surface area contributed by atoms with E-state index >= 15 is 0 Å². The maximum absolute atomic E-state index is 5.98. The number of aryl methyl sites for hydroxylation is 1. The third kappa shape index (κ3) is 2.61. The van der Waals surface area contributed by atoms with E-state index in [-0.39, 0.29) is 0 Å². The van der Waals surface area contributed by atoms with Crippen LogP contribution in [0.15, 0.2) is 18.2 Å². The van der Waals surface area contributed by atoms with Crippen LogP contribution in [0.2, 0.25) is 5.02 Å². The van der Waals surface area contributed by atoms with Gasteiger partial charge in [0.1, 0.15) is 5.82 Å². The fourth-order valence-electron chi connectivity index (χ4n) is 1.97. The van der Waals surface area contributed by atoms with Crippen LogP contribution in [0, 0.1) is 0 Å². The van der Waals surface area contributed by atoms with E-state index in [1.807, 2.05) is 25.1 Å². The summed E-state index contributed by atoms with van der Waals surface area (Å²) in [7, 11) is 0. The van der Waals surface area contributed by atoms with E-state index in [0.717, 1.165) is 48.1 Å². The van der Waals surface area contributed by atoms with Gasteiger partial charge in [0.15, 0.2) is 0 Å². The van der Waals surface area contributed by atoms with E-state index in [0.29, 0.717) is 0 Å². The molecule has 1 aromatic carbocycles. The Morgan fingerprint density at radius 1 is 1.35 bits per heavy atom. The van der Waals surface area contributed by atoms with Gasteiger partial charge in [-0.05, 0) is 25.1 Å². The first kappa shape index (κ1) is 12.4. The third-order valence-electron chi connectivity index (χ3n) is 2.77. The lowest BCUT2D eigenvalue weighted by molar-refractivity contribution is 0.139. The summed E-state index contributed by atoms with van der Waals surface area (Å²) >= 11 is 5.98. The first-order chi connectivity index (χ1) is 8.26. The predicted molar refractivity (Wildman–Crippen MR) is 70.6 cm³/mol. The Bertz CT molecular complexity index is 507. The molecule has 1 aromatic heterocycles. The fourth-order valence-corrected chi connectivity index (χ4v) is 2.14. The van der Waals surface area contributed by atoms with Gasteiger partial charge in [-0.15, -0.1) is 0 Å². The lowest BCUT2D eigenvalue weighted by Crippen LogP contribution is -2.08. The summed E-state index contributed by atoms with van der Waals surface area (Å²) in [5.41, 5.74) is 2.09. The molecule has 0 radical (unpaired) electrons. The van der Waals surface area contributed by atoms with E-state index in [2.05, 4.69) is 16.5 Å². The van der Waals surface area contributed by atoms with Gasteiger partial charge in [0.2, 0.25) is 0 Å². The lowest BCUT2D eigenvalue weighted by Gasteiger charge is -2.07. The van der Waals surface area contributed by atoms with E-state index in [9.17, 15) is 0 Å². The highest BCUT2D eigenvalue weighted by Gasteiger charge is 2.09. The molecule has 0 aliphatic rings. The molecule has 0 aliphatic carbocycles. The summed E-state index contributed by atoms with van der Waals surface area (Å²) in [5, 5.41) is 0.731. The number of rotatable bonds is 5. The van der Waals surface area contributed by atoms with Crippen LogP contribution in [0.5, 0.6) is 0 Å². The molecule has 0 bridgehead atoms. The van der Waals surface area contributed by atoms with Crippen LogP contribution in [0.4, 0.5) is 0 Å². The molecule has 17 heavy (non-hydrogen) atoms. The standard InChI is InChI=1S/C13H17ClN2O/c1-3-13-15-11-9-10(14)5-6-12(11)16(13)7-8-17-4-2/h5-6,9H,3-4,7-8H2,1-2H3. The second kappa shape index (κ2) is 5.52. The minimum atomic E-state index is 0.720. The van der Waals surface area contributed by atoms with Gasteiger partial charge in [-0.25, -0.2) is 4.98 Å². The first-order valence-electron chi connectivity index (χ1n) is 5.98. The van der Waals surface area contributed by atoms with Crippen molar-refractivity contribution in [3.63, 3.8) is 0 Å². The van der Waals surface area contributed by atoms with Crippen molar-refractivity contribution in [1.29, 1.82) is 0 Å². The molecule has 3 nitrogen and oxygen atoms in total. The second-order valence-electron chi connectivity index (χ2n) is 3.86. The summed E-state index contributed by atoms with van der Waals surface area (Å²) < 4.78 is 7.61. The number of benzene rings is 1. The Labute approximate surface area is 106 Å². The van der Waals surface area contributed by atoms with Crippen molar-refractivity contribution in [3.8, 4) is 0 Å². The summed E-state index contributed by atoms with van der Waals surface area (Å²) in [6.07, 6.45) is 0.915. The monoisotopic (exact) mass is 252 g/mol. The highest BCUT2D eigenvalue weighted by molar-refractivity contribution is 6.31. The van der Waals surface area contributed by atoms with Crippen LogP contribution < -0.4 is 0 Å². The van der Waals surface area contributed by atoms with Crippen LogP contribution in [0.25, 0.3) is 11.0 Å². The maximum atomic E-state index is 5.98. The molecule has 0 saturated carbocycles. The van der Waals surface area contributed by atoms with E-state index in [1.54, 1.807) is 0 Å². The number of nitrogens with zero attached hydrogens (tertiary/aromatic N) is 2. The maximum Gasteiger partial charge on any atom is 0.109 e. The van der Waals surface area contributed by atoms with Gasteiger partial charge in [-0.2, -0.15) is 0 Å². The summed E-state index contributed by atoms with van der Waals surface area (Å²) in [6.45, 7) is 6.43. The molecular formula is C13H17ClN2O. The van der Waals surface area contributed by atoms with Crippen molar-refractivity contribution in [2.75, 3.05) is 13.2 Å². The third-order valence-corrected chi connectivity index (χ3v) is 3.00. The van der Waals surface area contributed by atoms with Crippen molar-refractivity contribution in [1.82, 2.24) is 9.55 Å². The van der Waals surface area contributed by atoms with Gasteiger partial charge in [0, 0.05) is 24.6 Å². The van der Waals surface area contributed by atoms with Crippen molar-refractivity contribution in [3.05, 3.63) is 29.0 Å². The second-order valence-corrected chi connectivity index (χ2v) is 4.30. The van der Waals surface area contributed by atoms with E-state index in [1.165, 1.54) is 0 Å². The van der Waals surface area contributed by atoms with E-state index in [4.69, 9.17) is 16.3 Å². The van der Waals surface area contributed by atoms with Gasteiger partial charge in [-0.3, -0.25) is 0 Å². The van der Waals surface area contributed by atoms with Gasteiger partial charge in [0.25, 0.3) is 0 Å². The predicted octanol–water partition coefficient (Wildman–Crippen LogP) is 3.29. The molecule has 0 unspecified atom stereocenters. The highest BCUT2D eigenvalue weighted by Crippen LogP contribution is 2.20. The fraction of sp³-hybridized carbons (Fsp3) is 0.462. The van der Waals surface area contributed by atoms with Crippen LogP contribution in [0.1, 0.15) is 19.7 Å². The average molecular weight is 253 g/mol. The largest absolute Gasteiger partial charge is 0.380 e. The molecule has 4 heteroatoms. The number of halogens is 1. The normalized spacial score (nSPS) is 11.2.